The summed E-state index contributed by atoms with van der Waals surface area (Å²) in [6, 6.07) is 12.7. The first kappa shape index (κ1) is 18.5. The first-order valence-electron chi connectivity index (χ1n) is 8.76. The lowest BCUT2D eigenvalue weighted by Crippen LogP contribution is -2.35. The molecule has 0 unspecified atom stereocenters. The van der Waals surface area contributed by atoms with Crippen molar-refractivity contribution < 1.29 is 4.79 Å². The van der Waals surface area contributed by atoms with Gasteiger partial charge in [0.25, 0.3) is 0 Å². The van der Waals surface area contributed by atoms with E-state index < -0.39 is 11.7 Å². The van der Waals surface area contributed by atoms with E-state index >= 15 is 0 Å². The average molecular weight is 362 g/mol. The summed E-state index contributed by atoms with van der Waals surface area (Å²) in [4.78, 5) is 29.0. The highest BCUT2D eigenvalue weighted by Crippen LogP contribution is 2.18. The van der Waals surface area contributed by atoms with Crippen molar-refractivity contribution in [1.29, 1.82) is 0 Å². The van der Waals surface area contributed by atoms with Crippen LogP contribution in [0.5, 0.6) is 0 Å². The fourth-order valence-corrected chi connectivity index (χ4v) is 2.78. The maximum Gasteiger partial charge on any atom is 0.365 e. The number of hydrogen-bond donors (Lipinski definition) is 1. The predicted molar refractivity (Wildman–Crippen MR) is 106 cm³/mol. The Labute approximate surface area is 157 Å². The normalized spacial score (nSPS) is 11.9. The van der Waals surface area contributed by atoms with Gasteiger partial charge in [-0.1, -0.05) is 47.5 Å². The molecule has 0 bridgehead atoms. The molecule has 0 fully saturated rings. The quantitative estimate of drug-likeness (QED) is 0.771. The van der Waals surface area contributed by atoms with E-state index in [1.54, 1.807) is 6.92 Å². The summed E-state index contributed by atoms with van der Waals surface area (Å²) in [5.41, 5.74) is 4.65. The summed E-state index contributed by atoms with van der Waals surface area (Å²) >= 11 is 0. The summed E-state index contributed by atoms with van der Waals surface area (Å²) in [5, 5.41) is 7.01. The molecule has 0 saturated carbocycles. The molecule has 0 spiro atoms. The molecule has 1 atom stereocenters. The highest BCUT2D eigenvalue weighted by Gasteiger charge is 2.19. The van der Waals surface area contributed by atoms with E-state index in [2.05, 4.69) is 15.4 Å². The molecule has 6 nitrogen and oxygen atoms in total. The van der Waals surface area contributed by atoms with Crippen LogP contribution in [0.4, 0.5) is 5.69 Å². The molecule has 0 aliphatic rings. The third-order valence-electron chi connectivity index (χ3n) is 4.45. The Morgan fingerprint density at radius 1 is 1.04 bits per heavy atom. The van der Waals surface area contributed by atoms with Crippen molar-refractivity contribution in [2.45, 2.75) is 33.7 Å². The van der Waals surface area contributed by atoms with Gasteiger partial charge in [0, 0.05) is 11.3 Å². The second-order valence-corrected chi connectivity index (χ2v) is 6.72. The van der Waals surface area contributed by atoms with Crippen molar-refractivity contribution in [2.75, 3.05) is 5.32 Å². The number of aromatic nitrogens is 3. The van der Waals surface area contributed by atoms with Crippen molar-refractivity contribution >= 4 is 11.6 Å². The van der Waals surface area contributed by atoms with Gasteiger partial charge in [-0.25, -0.2) is 9.48 Å². The van der Waals surface area contributed by atoms with Crippen LogP contribution in [0.15, 0.2) is 53.5 Å². The molecule has 6 heteroatoms. The first-order chi connectivity index (χ1) is 12.8. The Morgan fingerprint density at radius 3 is 2.33 bits per heavy atom. The van der Waals surface area contributed by atoms with Crippen molar-refractivity contribution in [1.82, 2.24) is 14.8 Å². The largest absolute Gasteiger partial charge is 0.365 e. The molecule has 1 N–H and O–H groups in total. The standard InChI is InChI=1S/C21H22N4O2/c1-13-5-8-17(9-6-13)19-12-22-25(21(27)24-19)16(4)20(26)23-18-10-7-14(2)11-15(18)3/h5-12,16H,1-4H3,(H,23,26)/t16-/m1/s1. The first-order valence-corrected chi connectivity index (χ1v) is 8.76. The van der Waals surface area contributed by atoms with Crippen LogP contribution >= 0.6 is 0 Å². The minimum atomic E-state index is -0.780. The lowest BCUT2D eigenvalue weighted by atomic mass is 10.1. The van der Waals surface area contributed by atoms with E-state index in [1.807, 2.05) is 63.2 Å². The predicted octanol–water partition coefficient (Wildman–Crippen LogP) is 3.43. The zero-order valence-electron chi connectivity index (χ0n) is 15.9. The molecule has 3 rings (SSSR count). The fraction of sp³-hybridized carbons (Fsp3) is 0.238. The molecule has 1 amide bonds. The second-order valence-electron chi connectivity index (χ2n) is 6.72. The number of benzene rings is 2. The fourth-order valence-electron chi connectivity index (χ4n) is 2.78. The highest BCUT2D eigenvalue weighted by molar-refractivity contribution is 5.94. The Morgan fingerprint density at radius 2 is 1.70 bits per heavy atom. The lowest BCUT2D eigenvalue weighted by Gasteiger charge is -2.15. The van der Waals surface area contributed by atoms with Crippen molar-refractivity contribution in [3.05, 3.63) is 75.8 Å². The van der Waals surface area contributed by atoms with Crippen LogP contribution in [0.2, 0.25) is 0 Å². The number of aryl methyl sites for hydroxylation is 3. The van der Waals surface area contributed by atoms with Crippen LogP contribution < -0.4 is 11.0 Å². The van der Waals surface area contributed by atoms with Gasteiger partial charge in [-0.05, 0) is 39.3 Å². The van der Waals surface area contributed by atoms with Gasteiger partial charge < -0.3 is 5.32 Å². The van der Waals surface area contributed by atoms with Crippen LogP contribution in [0.3, 0.4) is 0 Å². The number of hydrogen-bond acceptors (Lipinski definition) is 4. The van der Waals surface area contributed by atoms with Crippen LogP contribution in [0.1, 0.15) is 29.7 Å². The summed E-state index contributed by atoms with van der Waals surface area (Å²) < 4.78 is 1.09. The van der Waals surface area contributed by atoms with Gasteiger partial charge in [-0.2, -0.15) is 10.1 Å². The van der Waals surface area contributed by atoms with Crippen molar-refractivity contribution in [2.24, 2.45) is 0 Å². The molecule has 138 valence electrons. The van der Waals surface area contributed by atoms with Gasteiger partial charge in [-0.15, -0.1) is 0 Å². The monoisotopic (exact) mass is 362 g/mol. The van der Waals surface area contributed by atoms with E-state index in [0.717, 1.165) is 32.6 Å². The molecular weight excluding hydrogens is 340 g/mol. The topological polar surface area (TPSA) is 76.9 Å². The van der Waals surface area contributed by atoms with E-state index in [4.69, 9.17) is 0 Å². The summed E-state index contributed by atoms with van der Waals surface area (Å²) in [5.74, 6) is -0.318. The number of rotatable bonds is 4. The zero-order chi connectivity index (χ0) is 19.6. The third kappa shape index (κ3) is 4.11. The molecule has 3 aromatic rings. The highest BCUT2D eigenvalue weighted by atomic mass is 16.2. The molecule has 0 radical (unpaired) electrons. The van der Waals surface area contributed by atoms with E-state index in [-0.39, 0.29) is 5.91 Å². The molecule has 2 aromatic carbocycles. The SMILES string of the molecule is Cc1ccc(-c2cnn([C@H](C)C(=O)Nc3ccc(C)cc3C)c(=O)n2)cc1. The number of carbonyl (C=O) groups is 1. The maximum atomic E-state index is 12.6. The number of amides is 1. The smallest absolute Gasteiger partial charge is 0.324 e. The van der Waals surface area contributed by atoms with E-state index in [1.165, 1.54) is 6.20 Å². The minimum Gasteiger partial charge on any atom is -0.324 e. The lowest BCUT2D eigenvalue weighted by molar-refractivity contribution is -0.119. The molecule has 1 heterocycles. The van der Waals surface area contributed by atoms with Gasteiger partial charge in [-0.3, -0.25) is 4.79 Å². The Bertz CT molecular complexity index is 1040. The molecule has 1 aromatic heterocycles. The number of nitrogens with zero attached hydrogens (tertiary/aromatic N) is 3. The summed E-state index contributed by atoms with van der Waals surface area (Å²) in [6.45, 7) is 7.53. The van der Waals surface area contributed by atoms with E-state index in [9.17, 15) is 9.59 Å². The summed E-state index contributed by atoms with van der Waals surface area (Å²) in [7, 11) is 0. The van der Waals surface area contributed by atoms with E-state index in [0.29, 0.717) is 5.69 Å². The van der Waals surface area contributed by atoms with Gasteiger partial charge in [0.05, 0.1) is 11.9 Å². The molecule has 0 aliphatic carbocycles. The second kappa shape index (κ2) is 7.53. The number of anilines is 1. The average Bonchev–Trinajstić information content (AvgIpc) is 2.64. The molecule has 0 saturated heterocycles. The third-order valence-corrected chi connectivity index (χ3v) is 4.45. The van der Waals surface area contributed by atoms with Gasteiger partial charge in [0.1, 0.15) is 6.04 Å². The number of nitrogens with one attached hydrogen (secondary N) is 1. The summed E-state index contributed by atoms with van der Waals surface area (Å²) in [6.07, 6.45) is 1.51. The molecule has 27 heavy (non-hydrogen) atoms. The van der Waals surface area contributed by atoms with Crippen LogP contribution in [0, 0.1) is 20.8 Å². The maximum absolute atomic E-state index is 12.6. The van der Waals surface area contributed by atoms with Crippen LogP contribution in [-0.4, -0.2) is 20.7 Å². The van der Waals surface area contributed by atoms with Crippen molar-refractivity contribution in [3.63, 3.8) is 0 Å². The Kier molecular flexibility index (Phi) is 5.16. The number of carbonyl (C=O) groups excluding carboxylic acids is 1. The van der Waals surface area contributed by atoms with Gasteiger partial charge >= 0.3 is 5.69 Å². The minimum absolute atomic E-state index is 0.318. The Balaban J connectivity index is 1.81. The van der Waals surface area contributed by atoms with Crippen molar-refractivity contribution in [3.8, 4) is 11.3 Å². The van der Waals surface area contributed by atoms with Gasteiger partial charge in [0.15, 0.2) is 0 Å². The molecular formula is C21H22N4O2. The Hall–Kier alpha value is -3.28. The van der Waals surface area contributed by atoms with Crippen LogP contribution in [0.25, 0.3) is 11.3 Å². The zero-order valence-corrected chi connectivity index (χ0v) is 15.9. The van der Waals surface area contributed by atoms with Crippen LogP contribution in [-0.2, 0) is 4.79 Å². The van der Waals surface area contributed by atoms with Gasteiger partial charge in [0.2, 0.25) is 5.91 Å². The molecule has 0 aliphatic heterocycles.